The zero-order valence-electron chi connectivity index (χ0n) is 13.2. The first-order chi connectivity index (χ1) is 10.0. The number of carbonyl (C=O) groups is 1. The zero-order valence-corrected chi connectivity index (χ0v) is 13.2. The summed E-state index contributed by atoms with van der Waals surface area (Å²) in [5.74, 6) is -0.228. The van der Waals surface area contributed by atoms with E-state index in [4.69, 9.17) is 0 Å². The first-order valence-electron chi connectivity index (χ1n) is 7.80. The van der Waals surface area contributed by atoms with E-state index in [0.29, 0.717) is 11.6 Å². The number of piperazine rings is 1. The molecule has 0 spiro atoms. The Labute approximate surface area is 126 Å². The first kappa shape index (κ1) is 16.1. The quantitative estimate of drug-likeness (QED) is 0.780. The van der Waals surface area contributed by atoms with Crippen molar-refractivity contribution >= 4 is 5.78 Å². The number of rotatable bonds is 5. The number of Topliss-reactive ketones (excluding diaryl/α,β-unsaturated/α-hetero) is 1. The average molecular weight is 292 g/mol. The molecule has 0 N–H and O–H groups in total. The van der Waals surface area contributed by atoms with Crippen molar-refractivity contribution < 1.29 is 9.18 Å². The van der Waals surface area contributed by atoms with Gasteiger partial charge in [-0.2, -0.15) is 0 Å². The molecule has 2 atom stereocenters. The van der Waals surface area contributed by atoms with Crippen molar-refractivity contribution in [1.29, 1.82) is 0 Å². The molecule has 3 nitrogen and oxygen atoms in total. The van der Waals surface area contributed by atoms with Crippen molar-refractivity contribution in [2.75, 3.05) is 26.2 Å². The molecule has 1 fully saturated rings. The van der Waals surface area contributed by atoms with Gasteiger partial charge in [0.15, 0.2) is 5.78 Å². The Bertz CT molecular complexity index is 466. The molecule has 0 bridgehead atoms. The van der Waals surface area contributed by atoms with Gasteiger partial charge in [0.05, 0.1) is 6.04 Å². The summed E-state index contributed by atoms with van der Waals surface area (Å²) < 4.78 is 12.9. The average Bonchev–Trinajstić information content (AvgIpc) is 2.53. The molecule has 1 aliphatic heterocycles. The molecule has 116 valence electrons. The fourth-order valence-electron chi connectivity index (χ4n) is 2.84. The maximum atomic E-state index is 12.9. The van der Waals surface area contributed by atoms with Crippen molar-refractivity contribution in [3.8, 4) is 0 Å². The second kappa shape index (κ2) is 7.14. The molecule has 1 saturated heterocycles. The van der Waals surface area contributed by atoms with Gasteiger partial charge in [0.1, 0.15) is 5.82 Å². The molecule has 2 unspecified atom stereocenters. The highest BCUT2D eigenvalue weighted by molar-refractivity contribution is 5.99. The maximum Gasteiger partial charge on any atom is 0.179 e. The van der Waals surface area contributed by atoms with Crippen LogP contribution in [0.3, 0.4) is 0 Å². The lowest BCUT2D eigenvalue weighted by Crippen LogP contribution is -2.53. The van der Waals surface area contributed by atoms with Gasteiger partial charge in [-0.05, 0) is 44.5 Å². The molecule has 1 aromatic rings. The number of hydrogen-bond acceptors (Lipinski definition) is 3. The smallest absolute Gasteiger partial charge is 0.179 e. The highest BCUT2D eigenvalue weighted by Gasteiger charge is 2.27. The van der Waals surface area contributed by atoms with Crippen LogP contribution in [-0.2, 0) is 0 Å². The van der Waals surface area contributed by atoms with E-state index in [1.807, 2.05) is 6.92 Å². The van der Waals surface area contributed by atoms with Crippen LogP contribution in [-0.4, -0.2) is 53.8 Å². The molecule has 2 rings (SSSR count). The predicted octanol–water partition coefficient (Wildman–Crippen LogP) is 2.81. The lowest BCUT2D eigenvalue weighted by molar-refractivity contribution is 0.0613. The van der Waals surface area contributed by atoms with Gasteiger partial charge < -0.3 is 0 Å². The molecule has 0 amide bonds. The minimum atomic E-state index is -0.304. The Morgan fingerprint density at radius 2 is 1.62 bits per heavy atom. The van der Waals surface area contributed by atoms with Crippen LogP contribution in [0.15, 0.2) is 24.3 Å². The molecule has 4 heteroatoms. The minimum absolute atomic E-state index is 0.0759. The van der Waals surface area contributed by atoms with Crippen molar-refractivity contribution in [3.05, 3.63) is 35.6 Å². The number of halogens is 1. The van der Waals surface area contributed by atoms with Crippen LogP contribution in [0, 0.1) is 5.82 Å². The van der Waals surface area contributed by atoms with Crippen molar-refractivity contribution in [2.24, 2.45) is 0 Å². The summed E-state index contributed by atoms with van der Waals surface area (Å²) in [6.07, 6.45) is 1.16. The molecule has 1 aromatic carbocycles. The molecule has 0 aromatic heterocycles. The van der Waals surface area contributed by atoms with Gasteiger partial charge in [0, 0.05) is 37.8 Å². The molecular formula is C17H25FN2O. The largest absolute Gasteiger partial charge is 0.298 e. The third-order valence-corrected chi connectivity index (χ3v) is 4.62. The molecule has 0 saturated carbocycles. The van der Waals surface area contributed by atoms with E-state index in [0.717, 1.165) is 32.6 Å². The van der Waals surface area contributed by atoms with Crippen LogP contribution in [0.4, 0.5) is 4.39 Å². The first-order valence-corrected chi connectivity index (χ1v) is 7.80. The van der Waals surface area contributed by atoms with Gasteiger partial charge >= 0.3 is 0 Å². The normalized spacial score (nSPS) is 20.2. The number of ketones is 1. The van der Waals surface area contributed by atoms with E-state index in [-0.39, 0.29) is 17.6 Å². The lowest BCUT2D eigenvalue weighted by atomic mass is 10.0. The predicted molar refractivity (Wildman–Crippen MR) is 83.1 cm³/mol. The van der Waals surface area contributed by atoms with Gasteiger partial charge in [-0.25, -0.2) is 4.39 Å². The van der Waals surface area contributed by atoms with E-state index >= 15 is 0 Å². The van der Waals surface area contributed by atoms with E-state index < -0.39 is 0 Å². The monoisotopic (exact) mass is 292 g/mol. The molecule has 21 heavy (non-hydrogen) atoms. The molecular weight excluding hydrogens is 267 g/mol. The minimum Gasteiger partial charge on any atom is -0.298 e. The zero-order chi connectivity index (χ0) is 15.4. The lowest BCUT2D eigenvalue weighted by Gasteiger charge is -2.40. The Balaban J connectivity index is 1.93. The van der Waals surface area contributed by atoms with Gasteiger partial charge in [-0.15, -0.1) is 0 Å². The van der Waals surface area contributed by atoms with E-state index in [1.165, 1.54) is 12.1 Å². The van der Waals surface area contributed by atoms with Gasteiger partial charge in [-0.1, -0.05) is 6.92 Å². The fourth-order valence-corrected chi connectivity index (χ4v) is 2.84. The highest BCUT2D eigenvalue weighted by atomic mass is 19.1. The van der Waals surface area contributed by atoms with Crippen LogP contribution < -0.4 is 0 Å². The topological polar surface area (TPSA) is 23.6 Å². The summed E-state index contributed by atoms with van der Waals surface area (Å²) >= 11 is 0. The number of hydrogen-bond donors (Lipinski definition) is 0. The number of nitrogens with zero attached hydrogens (tertiary/aromatic N) is 2. The number of carbonyl (C=O) groups excluding carboxylic acids is 1. The van der Waals surface area contributed by atoms with Crippen LogP contribution in [0.1, 0.15) is 37.6 Å². The molecule has 0 radical (unpaired) electrons. The fraction of sp³-hybridized carbons (Fsp3) is 0.588. The van der Waals surface area contributed by atoms with Crippen LogP contribution in [0.5, 0.6) is 0 Å². The third-order valence-electron chi connectivity index (χ3n) is 4.62. The van der Waals surface area contributed by atoms with E-state index in [2.05, 4.69) is 23.6 Å². The summed E-state index contributed by atoms with van der Waals surface area (Å²) in [6.45, 7) is 10.3. The van der Waals surface area contributed by atoms with Crippen LogP contribution >= 0.6 is 0 Å². The van der Waals surface area contributed by atoms with Gasteiger partial charge in [0.25, 0.3) is 0 Å². The van der Waals surface area contributed by atoms with Crippen LogP contribution in [0.25, 0.3) is 0 Å². The second-order valence-electron chi connectivity index (χ2n) is 5.88. The van der Waals surface area contributed by atoms with Gasteiger partial charge in [0.2, 0.25) is 0 Å². The maximum absolute atomic E-state index is 12.9. The molecule has 0 aliphatic carbocycles. The van der Waals surface area contributed by atoms with E-state index in [9.17, 15) is 9.18 Å². The van der Waals surface area contributed by atoms with Crippen LogP contribution in [0.2, 0.25) is 0 Å². The Morgan fingerprint density at radius 3 is 2.14 bits per heavy atom. The number of benzene rings is 1. The highest BCUT2D eigenvalue weighted by Crippen LogP contribution is 2.14. The molecule has 1 aliphatic rings. The second-order valence-corrected chi connectivity index (χ2v) is 5.88. The van der Waals surface area contributed by atoms with Gasteiger partial charge in [-0.3, -0.25) is 14.6 Å². The summed E-state index contributed by atoms with van der Waals surface area (Å²) in [6, 6.07) is 6.30. The Morgan fingerprint density at radius 1 is 1.10 bits per heavy atom. The van der Waals surface area contributed by atoms with Crippen molar-refractivity contribution in [3.63, 3.8) is 0 Å². The summed E-state index contributed by atoms with van der Waals surface area (Å²) in [4.78, 5) is 17.2. The standard InChI is InChI=1S/C17H25FN2O/c1-4-13(2)19-9-11-20(12-10-19)14(3)17(21)15-5-7-16(18)8-6-15/h5-8,13-14H,4,9-12H2,1-3H3. The SMILES string of the molecule is CCC(C)N1CCN(C(C)C(=O)c2ccc(F)cc2)CC1. The van der Waals surface area contributed by atoms with Crippen molar-refractivity contribution in [1.82, 2.24) is 9.80 Å². The Kier molecular flexibility index (Phi) is 5.48. The van der Waals surface area contributed by atoms with Crippen molar-refractivity contribution in [2.45, 2.75) is 39.3 Å². The summed E-state index contributed by atoms with van der Waals surface area (Å²) in [5, 5.41) is 0. The summed E-state index contributed by atoms with van der Waals surface area (Å²) in [7, 11) is 0. The third kappa shape index (κ3) is 3.89. The summed E-state index contributed by atoms with van der Waals surface area (Å²) in [5.41, 5.74) is 0.591. The Hall–Kier alpha value is -1.26. The van der Waals surface area contributed by atoms with E-state index in [1.54, 1.807) is 12.1 Å². The molecule has 1 heterocycles.